The third kappa shape index (κ3) is 3.75. The van der Waals surface area contributed by atoms with Gasteiger partial charge in [-0.3, -0.25) is 9.59 Å². The first-order chi connectivity index (χ1) is 13.5. The van der Waals surface area contributed by atoms with Crippen LogP contribution in [0.2, 0.25) is 0 Å². The Balaban J connectivity index is 1.31. The molecule has 4 rings (SSSR count). The minimum atomic E-state index is -0.196. The highest BCUT2D eigenvalue weighted by Gasteiger charge is 2.49. The topological polar surface area (TPSA) is 52.7 Å². The maximum absolute atomic E-state index is 12.8. The Morgan fingerprint density at radius 2 is 1.50 bits per heavy atom. The monoisotopic (exact) mass is 377 g/mol. The molecule has 1 aliphatic heterocycles. The predicted octanol–water partition coefficient (Wildman–Crippen LogP) is 3.23. The Labute approximate surface area is 166 Å². The second-order valence-electron chi connectivity index (χ2n) is 7.85. The van der Waals surface area contributed by atoms with Gasteiger partial charge in [0.25, 0.3) is 0 Å². The van der Waals surface area contributed by atoms with Crippen molar-refractivity contribution in [2.24, 2.45) is 11.8 Å². The Morgan fingerprint density at radius 3 is 2.14 bits per heavy atom. The highest BCUT2D eigenvalue weighted by atomic mass is 16.2. The van der Waals surface area contributed by atoms with Crippen LogP contribution in [0.1, 0.15) is 17.5 Å². The molecule has 2 unspecified atom stereocenters. The van der Waals surface area contributed by atoms with E-state index in [0.29, 0.717) is 6.42 Å². The lowest BCUT2D eigenvalue weighted by Gasteiger charge is -2.36. The third-order valence-corrected chi connectivity index (χ3v) is 5.89. The molecule has 0 bridgehead atoms. The Bertz CT molecular complexity index is 852. The number of para-hydroxylation sites is 2. The third-order valence-electron chi connectivity index (χ3n) is 5.89. The molecule has 2 fully saturated rings. The van der Waals surface area contributed by atoms with E-state index < -0.39 is 0 Å². The van der Waals surface area contributed by atoms with Crippen LogP contribution in [0.3, 0.4) is 0 Å². The van der Waals surface area contributed by atoms with Crippen LogP contribution in [-0.2, 0) is 9.59 Å². The van der Waals surface area contributed by atoms with E-state index in [-0.39, 0.29) is 23.7 Å². The fraction of sp³-hybridized carbons (Fsp3) is 0.391. The molecule has 1 aliphatic carbocycles. The first-order valence-corrected chi connectivity index (χ1v) is 10.0. The first-order valence-electron chi connectivity index (χ1n) is 10.0. The second-order valence-corrected chi connectivity index (χ2v) is 7.85. The number of piperazine rings is 1. The lowest BCUT2D eigenvalue weighted by atomic mass is 10.1. The summed E-state index contributed by atoms with van der Waals surface area (Å²) in [5.74, 6) is -0.251. The van der Waals surface area contributed by atoms with E-state index >= 15 is 0 Å². The summed E-state index contributed by atoms with van der Waals surface area (Å²) >= 11 is 0. The van der Waals surface area contributed by atoms with Crippen molar-refractivity contribution in [3.8, 4) is 0 Å². The van der Waals surface area contributed by atoms with E-state index in [4.69, 9.17) is 0 Å². The van der Waals surface area contributed by atoms with Gasteiger partial charge >= 0.3 is 0 Å². The van der Waals surface area contributed by atoms with Crippen LogP contribution >= 0.6 is 0 Å². The van der Waals surface area contributed by atoms with Gasteiger partial charge in [0.1, 0.15) is 0 Å². The van der Waals surface area contributed by atoms with Gasteiger partial charge in [0.05, 0.1) is 11.8 Å². The summed E-state index contributed by atoms with van der Waals surface area (Å²) in [5, 5.41) is 3.04. The second kappa shape index (κ2) is 7.66. The van der Waals surface area contributed by atoms with Gasteiger partial charge in [-0.1, -0.05) is 36.4 Å². The Hall–Kier alpha value is -2.82. The number of rotatable bonds is 4. The van der Waals surface area contributed by atoms with Crippen molar-refractivity contribution in [2.45, 2.75) is 20.3 Å². The number of amides is 2. The summed E-state index contributed by atoms with van der Waals surface area (Å²) in [5.41, 5.74) is 4.18. The Morgan fingerprint density at radius 1 is 0.857 bits per heavy atom. The summed E-state index contributed by atoms with van der Waals surface area (Å²) in [6.45, 7) is 7.09. The zero-order chi connectivity index (χ0) is 19.7. The average molecular weight is 377 g/mol. The molecule has 5 nitrogen and oxygen atoms in total. The molecular formula is C23H27N3O2. The number of hydrogen-bond acceptors (Lipinski definition) is 3. The van der Waals surface area contributed by atoms with Crippen molar-refractivity contribution in [1.29, 1.82) is 0 Å². The van der Waals surface area contributed by atoms with Gasteiger partial charge in [-0.15, -0.1) is 0 Å². The number of nitrogens with zero attached hydrogens (tertiary/aromatic N) is 2. The molecule has 1 saturated carbocycles. The molecule has 2 aromatic carbocycles. The molecule has 0 radical (unpaired) electrons. The van der Waals surface area contributed by atoms with Gasteiger partial charge in [-0.2, -0.15) is 0 Å². The zero-order valence-electron chi connectivity index (χ0n) is 16.5. The van der Waals surface area contributed by atoms with Crippen molar-refractivity contribution in [2.75, 3.05) is 36.4 Å². The summed E-state index contributed by atoms with van der Waals surface area (Å²) < 4.78 is 0. The minimum Gasteiger partial charge on any atom is -0.368 e. The number of nitrogens with one attached hydrogen (secondary N) is 1. The van der Waals surface area contributed by atoms with Crippen LogP contribution in [0, 0.1) is 25.7 Å². The fourth-order valence-electron chi connectivity index (χ4n) is 4.04. The van der Waals surface area contributed by atoms with Gasteiger partial charge in [-0.25, -0.2) is 0 Å². The molecule has 5 heteroatoms. The predicted molar refractivity (Wildman–Crippen MR) is 111 cm³/mol. The molecular weight excluding hydrogens is 350 g/mol. The molecule has 1 saturated heterocycles. The lowest BCUT2D eigenvalue weighted by Crippen LogP contribution is -2.49. The van der Waals surface area contributed by atoms with Crippen LogP contribution < -0.4 is 10.2 Å². The van der Waals surface area contributed by atoms with Crippen LogP contribution in [0.5, 0.6) is 0 Å². The smallest absolute Gasteiger partial charge is 0.228 e. The van der Waals surface area contributed by atoms with E-state index in [2.05, 4.69) is 22.3 Å². The zero-order valence-corrected chi connectivity index (χ0v) is 16.5. The maximum atomic E-state index is 12.8. The van der Waals surface area contributed by atoms with Gasteiger partial charge in [0.2, 0.25) is 11.8 Å². The van der Waals surface area contributed by atoms with Crippen molar-refractivity contribution in [3.05, 3.63) is 59.7 Å². The number of benzene rings is 2. The number of carbonyl (C=O) groups excluding carboxylic acids is 2. The fourth-order valence-corrected chi connectivity index (χ4v) is 4.04. The van der Waals surface area contributed by atoms with Crippen LogP contribution in [-0.4, -0.2) is 42.9 Å². The average Bonchev–Trinajstić information content (AvgIpc) is 3.52. The molecule has 1 N–H and O–H groups in total. The number of hydrogen-bond donors (Lipinski definition) is 1. The van der Waals surface area contributed by atoms with Crippen molar-refractivity contribution in [3.63, 3.8) is 0 Å². The van der Waals surface area contributed by atoms with Gasteiger partial charge in [-0.05, 0) is 43.5 Å². The summed E-state index contributed by atoms with van der Waals surface area (Å²) in [7, 11) is 0. The normalized spacial score (nSPS) is 21.4. The standard InChI is InChI=1S/C23H27N3O2/c1-16-7-6-8-17(2)21(16)24-22(27)19-15-20(19)23(28)26-13-11-25(12-14-26)18-9-4-3-5-10-18/h3-10,19-20H,11-15H2,1-2H3,(H,24,27). The van der Waals surface area contributed by atoms with Crippen molar-refractivity contribution in [1.82, 2.24) is 4.90 Å². The van der Waals surface area contributed by atoms with E-state index in [9.17, 15) is 9.59 Å². The van der Waals surface area contributed by atoms with E-state index in [1.807, 2.05) is 55.1 Å². The molecule has 0 aromatic heterocycles. The molecule has 2 aromatic rings. The highest BCUT2D eigenvalue weighted by molar-refractivity contribution is 6.00. The van der Waals surface area contributed by atoms with Crippen molar-refractivity contribution >= 4 is 23.2 Å². The van der Waals surface area contributed by atoms with Crippen molar-refractivity contribution < 1.29 is 9.59 Å². The molecule has 2 atom stereocenters. The van der Waals surface area contributed by atoms with E-state index in [0.717, 1.165) is 43.0 Å². The molecule has 28 heavy (non-hydrogen) atoms. The Kier molecular flexibility index (Phi) is 5.07. The van der Waals surface area contributed by atoms with E-state index in [1.54, 1.807) is 0 Å². The first kappa shape index (κ1) is 18.5. The molecule has 2 aliphatic rings. The summed E-state index contributed by atoms with van der Waals surface area (Å²) in [6, 6.07) is 16.3. The number of anilines is 2. The minimum absolute atomic E-state index is 0.0290. The largest absolute Gasteiger partial charge is 0.368 e. The molecule has 2 amide bonds. The maximum Gasteiger partial charge on any atom is 0.228 e. The summed E-state index contributed by atoms with van der Waals surface area (Å²) in [4.78, 5) is 29.7. The van der Waals surface area contributed by atoms with Gasteiger partial charge in [0, 0.05) is 37.6 Å². The lowest BCUT2D eigenvalue weighted by molar-refractivity contribution is -0.134. The molecule has 146 valence electrons. The number of aryl methyl sites for hydroxylation is 2. The highest BCUT2D eigenvalue weighted by Crippen LogP contribution is 2.41. The SMILES string of the molecule is Cc1cccc(C)c1NC(=O)C1CC1C(=O)N1CCN(c2ccccc2)CC1. The van der Waals surface area contributed by atoms with Crippen LogP contribution in [0.4, 0.5) is 11.4 Å². The summed E-state index contributed by atoms with van der Waals surface area (Å²) in [6.07, 6.45) is 0.661. The van der Waals surface area contributed by atoms with Gasteiger partial charge in [0.15, 0.2) is 0 Å². The number of carbonyl (C=O) groups is 2. The van der Waals surface area contributed by atoms with Gasteiger partial charge < -0.3 is 15.1 Å². The van der Waals surface area contributed by atoms with E-state index in [1.165, 1.54) is 5.69 Å². The molecule has 0 spiro atoms. The quantitative estimate of drug-likeness (QED) is 0.890. The molecule has 1 heterocycles. The van der Waals surface area contributed by atoms with Crippen LogP contribution in [0.25, 0.3) is 0 Å². The van der Waals surface area contributed by atoms with Crippen LogP contribution in [0.15, 0.2) is 48.5 Å².